The second-order valence-electron chi connectivity index (χ2n) is 6.97. The maximum Gasteiger partial charge on any atom is 0.246 e. The standard InChI is InChI=1S/C19H28N4O2.HI/c1-2-20-19(23-12-14-5-3-4-6-15(14)13-23)21-11-18(25)22-16-7-9-17(24)10-8-16;/h7-10,14-15,24H,2-6,11-13H2,1H3,(H,20,21)(H,22,25);1H. The molecule has 0 aromatic heterocycles. The minimum atomic E-state index is -0.155. The predicted octanol–water partition coefficient (Wildman–Crippen LogP) is 3.04. The maximum absolute atomic E-state index is 12.1. The number of aliphatic imine (C=N–C) groups is 1. The number of phenols is 1. The number of likely N-dealkylation sites (tertiary alicyclic amines) is 1. The highest BCUT2D eigenvalue weighted by molar-refractivity contribution is 14.0. The Bertz CT molecular complexity index is 606. The van der Waals surface area contributed by atoms with Crippen molar-refractivity contribution in [1.82, 2.24) is 10.2 Å². The normalized spacial score (nSPS) is 22.3. The van der Waals surface area contributed by atoms with Crippen molar-refractivity contribution in [3.63, 3.8) is 0 Å². The number of carbonyl (C=O) groups is 1. The van der Waals surface area contributed by atoms with Crippen LogP contribution in [-0.4, -0.2) is 48.1 Å². The Balaban J connectivity index is 0.00000243. The van der Waals surface area contributed by atoms with Gasteiger partial charge in [0.1, 0.15) is 12.3 Å². The van der Waals surface area contributed by atoms with Crippen molar-refractivity contribution in [3.8, 4) is 5.75 Å². The zero-order valence-corrected chi connectivity index (χ0v) is 17.6. The van der Waals surface area contributed by atoms with Crippen molar-refractivity contribution in [2.45, 2.75) is 32.6 Å². The molecule has 2 atom stereocenters. The molecular formula is C19H29IN4O2. The summed E-state index contributed by atoms with van der Waals surface area (Å²) in [6.07, 6.45) is 5.33. The number of benzene rings is 1. The highest BCUT2D eigenvalue weighted by Gasteiger charge is 2.35. The molecule has 6 nitrogen and oxygen atoms in total. The van der Waals surface area contributed by atoms with Crippen molar-refractivity contribution in [3.05, 3.63) is 24.3 Å². The van der Waals surface area contributed by atoms with Gasteiger partial charge in [0.2, 0.25) is 5.91 Å². The van der Waals surface area contributed by atoms with E-state index in [1.807, 2.05) is 0 Å². The minimum absolute atomic E-state index is 0. The average Bonchev–Trinajstić information content (AvgIpc) is 3.04. The zero-order valence-electron chi connectivity index (χ0n) is 15.3. The lowest BCUT2D eigenvalue weighted by Crippen LogP contribution is -2.40. The molecule has 1 saturated heterocycles. The van der Waals surface area contributed by atoms with E-state index in [-0.39, 0.29) is 42.2 Å². The summed E-state index contributed by atoms with van der Waals surface area (Å²) in [6.45, 7) is 5.04. The van der Waals surface area contributed by atoms with Gasteiger partial charge in [-0.1, -0.05) is 12.8 Å². The summed E-state index contributed by atoms with van der Waals surface area (Å²) in [5.41, 5.74) is 0.662. The summed E-state index contributed by atoms with van der Waals surface area (Å²) in [5.74, 6) is 2.43. The Labute approximate surface area is 172 Å². The number of phenolic OH excluding ortho intramolecular Hbond substituents is 1. The molecule has 1 saturated carbocycles. The number of fused-ring (bicyclic) bond motifs is 1. The van der Waals surface area contributed by atoms with Gasteiger partial charge < -0.3 is 20.6 Å². The zero-order chi connectivity index (χ0) is 17.6. The molecule has 1 aromatic carbocycles. The van der Waals surface area contributed by atoms with Gasteiger partial charge in [0.15, 0.2) is 5.96 Å². The van der Waals surface area contributed by atoms with Gasteiger partial charge in [-0.25, -0.2) is 4.99 Å². The second kappa shape index (κ2) is 9.99. The van der Waals surface area contributed by atoms with Gasteiger partial charge in [0.05, 0.1) is 0 Å². The van der Waals surface area contributed by atoms with E-state index in [2.05, 4.69) is 27.4 Å². The molecule has 2 unspecified atom stereocenters. The molecule has 1 aromatic rings. The fourth-order valence-corrected chi connectivity index (χ4v) is 3.90. The fourth-order valence-electron chi connectivity index (χ4n) is 3.90. The van der Waals surface area contributed by atoms with Crippen LogP contribution in [0.25, 0.3) is 0 Å². The largest absolute Gasteiger partial charge is 0.508 e. The molecule has 2 aliphatic rings. The van der Waals surface area contributed by atoms with Crippen LogP contribution < -0.4 is 10.6 Å². The smallest absolute Gasteiger partial charge is 0.246 e. The molecule has 1 amide bonds. The Hall–Kier alpha value is -1.51. The Morgan fingerprint density at radius 3 is 2.38 bits per heavy atom. The van der Waals surface area contributed by atoms with Gasteiger partial charge in [-0.05, 0) is 55.9 Å². The van der Waals surface area contributed by atoms with E-state index < -0.39 is 0 Å². The molecule has 3 rings (SSSR count). The first-order valence-corrected chi connectivity index (χ1v) is 9.28. The van der Waals surface area contributed by atoms with E-state index >= 15 is 0 Å². The number of carbonyl (C=O) groups excluding carboxylic acids is 1. The second-order valence-corrected chi connectivity index (χ2v) is 6.97. The molecule has 144 valence electrons. The summed E-state index contributed by atoms with van der Waals surface area (Å²) in [7, 11) is 0. The summed E-state index contributed by atoms with van der Waals surface area (Å²) in [5, 5.41) is 15.4. The number of guanidine groups is 1. The van der Waals surface area contributed by atoms with Crippen molar-refractivity contribution >= 4 is 41.5 Å². The first-order chi connectivity index (χ1) is 12.2. The molecule has 2 fully saturated rings. The van der Waals surface area contributed by atoms with Gasteiger partial charge in [-0.15, -0.1) is 24.0 Å². The van der Waals surface area contributed by atoms with E-state index in [1.165, 1.54) is 25.7 Å². The third-order valence-corrected chi connectivity index (χ3v) is 5.13. The summed E-state index contributed by atoms with van der Waals surface area (Å²) >= 11 is 0. The van der Waals surface area contributed by atoms with Crippen LogP contribution in [0.15, 0.2) is 29.3 Å². The van der Waals surface area contributed by atoms with Gasteiger partial charge in [-0.2, -0.15) is 0 Å². The number of hydrogen-bond acceptors (Lipinski definition) is 3. The number of amides is 1. The van der Waals surface area contributed by atoms with Crippen molar-refractivity contribution in [2.75, 3.05) is 31.5 Å². The number of halogens is 1. The first-order valence-electron chi connectivity index (χ1n) is 9.28. The third kappa shape index (κ3) is 5.49. The minimum Gasteiger partial charge on any atom is -0.508 e. The SMILES string of the molecule is CCNC(=NCC(=O)Nc1ccc(O)cc1)N1CC2CCCCC2C1.I. The fraction of sp³-hybridized carbons (Fsp3) is 0.579. The monoisotopic (exact) mass is 472 g/mol. The van der Waals surface area contributed by atoms with E-state index in [9.17, 15) is 9.90 Å². The Morgan fingerprint density at radius 1 is 1.19 bits per heavy atom. The van der Waals surface area contributed by atoms with Gasteiger partial charge in [0, 0.05) is 25.3 Å². The van der Waals surface area contributed by atoms with E-state index in [0.29, 0.717) is 5.69 Å². The van der Waals surface area contributed by atoms with Gasteiger partial charge >= 0.3 is 0 Å². The van der Waals surface area contributed by atoms with Gasteiger partial charge in [0.25, 0.3) is 0 Å². The van der Waals surface area contributed by atoms with E-state index in [4.69, 9.17) is 0 Å². The molecule has 0 bridgehead atoms. The number of nitrogens with one attached hydrogen (secondary N) is 2. The molecule has 0 radical (unpaired) electrons. The van der Waals surface area contributed by atoms with Crippen LogP contribution in [0.3, 0.4) is 0 Å². The number of rotatable bonds is 4. The van der Waals surface area contributed by atoms with Crippen molar-refractivity contribution in [1.29, 1.82) is 0 Å². The lowest BCUT2D eigenvalue weighted by molar-refractivity contribution is -0.114. The third-order valence-electron chi connectivity index (χ3n) is 5.13. The molecule has 26 heavy (non-hydrogen) atoms. The van der Waals surface area contributed by atoms with Crippen LogP contribution in [0.5, 0.6) is 5.75 Å². The summed E-state index contributed by atoms with van der Waals surface area (Å²) < 4.78 is 0. The highest BCUT2D eigenvalue weighted by Crippen LogP contribution is 2.35. The number of hydrogen-bond donors (Lipinski definition) is 3. The lowest BCUT2D eigenvalue weighted by Gasteiger charge is -2.22. The van der Waals surface area contributed by atoms with Gasteiger partial charge in [-0.3, -0.25) is 4.79 Å². The number of nitrogens with zero attached hydrogens (tertiary/aromatic N) is 2. The van der Waals surface area contributed by atoms with Crippen LogP contribution in [-0.2, 0) is 4.79 Å². The Morgan fingerprint density at radius 2 is 1.81 bits per heavy atom. The van der Waals surface area contributed by atoms with Crippen molar-refractivity contribution < 1.29 is 9.90 Å². The Kier molecular flexibility index (Phi) is 7.99. The van der Waals surface area contributed by atoms with E-state index in [0.717, 1.165) is 37.4 Å². The molecule has 1 aliphatic heterocycles. The number of anilines is 1. The highest BCUT2D eigenvalue weighted by atomic mass is 127. The molecule has 1 aliphatic carbocycles. The van der Waals surface area contributed by atoms with Crippen LogP contribution in [0.1, 0.15) is 32.6 Å². The van der Waals surface area contributed by atoms with Crippen molar-refractivity contribution in [2.24, 2.45) is 16.8 Å². The predicted molar refractivity (Wildman–Crippen MR) is 115 cm³/mol. The topological polar surface area (TPSA) is 77.0 Å². The molecule has 1 heterocycles. The molecular weight excluding hydrogens is 443 g/mol. The number of aromatic hydroxyl groups is 1. The molecule has 3 N–H and O–H groups in total. The van der Waals surface area contributed by atoms with E-state index in [1.54, 1.807) is 24.3 Å². The van der Waals surface area contributed by atoms with Crippen LogP contribution in [0, 0.1) is 11.8 Å². The maximum atomic E-state index is 12.1. The molecule has 0 spiro atoms. The first kappa shape index (κ1) is 20.8. The van der Waals surface area contributed by atoms with Crippen LogP contribution in [0.4, 0.5) is 5.69 Å². The summed E-state index contributed by atoms with van der Waals surface area (Å²) in [4.78, 5) is 19.0. The average molecular weight is 472 g/mol. The lowest BCUT2D eigenvalue weighted by atomic mass is 9.82. The van der Waals surface area contributed by atoms with Crippen LogP contribution in [0.2, 0.25) is 0 Å². The summed E-state index contributed by atoms with van der Waals surface area (Å²) in [6, 6.07) is 6.45. The quantitative estimate of drug-likeness (QED) is 0.273. The molecule has 7 heteroatoms. The van der Waals surface area contributed by atoms with Crippen LogP contribution >= 0.6 is 24.0 Å².